The Balaban J connectivity index is 1.63. The van der Waals surface area contributed by atoms with Crippen LogP contribution in [0.3, 0.4) is 0 Å². The van der Waals surface area contributed by atoms with E-state index in [1.165, 1.54) is 0 Å². The van der Waals surface area contributed by atoms with Gasteiger partial charge in [-0.2, -0.15) is 0 Å². The fourth-order valence-electron chi connectivity index (χ4n) is 3.34. The maximum absolute atomic E-state index is 12.2. The van der Waals surface area contributed by atoms with E-state index in [0.29, 0.717) is 6.54 Å². The lowest BCUT2D eigenvalue weighted by Crippen LogP contribution is -2.50. The predicted molar refractivity (Wildman–Crippen MR) is 97.5 cm³/mol. The molecule has 7 heteroatoms. The van der Waals surface area contributed by atoms with Crippen molar-refractivity contribution in [2.24, 2.45) is 0 Å². The topological polar surface area (TPSA) is 73.9 Å². The Bertz CT molecular complexity index is 448. The maximum Gasteiger partial charge on any atom is 0.407 e. The molecule has 2 fully saturated rings. The highest BCUT2D eigenvalue weighted by molar-refractivity contribution is 5.78. The van der Waals surface area contributed by atoms with Crippen LogP contribution in [-0.2, 0) is 9.53 Å². The summed E-state index contributed by atoms with van der Waals surface area (Å²) in [5, 5.41) is 6.08. The van der Waals surface area contributed by atoms with Crippen LogP contribution in [0, 0.1) is 0 Å². The molecular weight excluding hydrogens is 320 g/mol. The third kappa shape index (κ3) is 7.61. The Morgan fingerprint density at radius 2 is 1.48 bits per heavy atom. The minimum absolute atomic E-state index is 0.119. The minimum atomic E-state index is -0.474. The molecule has 7 nitrogen and oxygen atoms in total. The number of likely N-dealkylation sites (N-methyl/N-ethyl adjacent to an activating group) is 1. The normalized spacial score (nSPS) is 26.1. The van der Waals surface area contributed by atoms with Gasteiger partial charge < -0.3 is 20.3 Å². The summed E-state index contributed by atoms with van der Waals surface area (Å²) >= 11 is 0. The molecule has 2 N–H and O–H groups in total. The maximum atomic E-state index is 12.2. The molecule has 0 radical (unpaired) electrons. The van der Waals surface area contributed by atoms with Crippen LogP contribution in [0.5, 0.6) is 0 Å². The molecule has 1 aliphatic heterocycles. The average Bonchev–Trinajstić information content (AvgIpc) is 2.49. The fraction of sp³-hybridized carbons (Fsp3) is 0.889. The number of hydrogen-bond acceptors (Lipinski definition) is 5. The van der Waals surface area contributed by atoms with E-state index in [2.05, 4.69) is 27.5 Å². The van der Waals surface area contributed by atoms with Gasteiger partial charge in [-0.05, 0) is 53.5 Å². The molecule has 0 bridgehead atoms. The van der Waals surface area contributed by atoms with Crippen LogP contribution in [0.1, 0.15) is 46.5 Å². The van der Waals surface area contributed by atoms with Gasteiger partial charge in [0.1, 0.15) is 5.60 Å². The molecule has 0 spiro atoms. The molecule has 2 aliphatic rings. The number of hydrogen-bond donors (Lipinski definition) is 2. The van der Waals surface area contributed by atoms with Crippen molar-refractivity contribution in [1.82, 2.24) is 20.4 Å². The second kappa shape index (κ2) is 8.85. The van der Waals surface area contributed by atoms with Gasteiger partial charge >= 0.3 is 6.09 Å². The summed E-state index contributed by atoms with van der Waals surface area (Å²) in [6.07, 6.45) is 3.19. The van der Waals surface area contributed by atoms with Crippen LogP contribution >= 0.6 is 0 Å². The number of rotatable bonds is 4. The Morgan fingerprint density at radius 3 is 2.00 bits per heavy atom. The molecule has 1 aliphatic carbocycles. The van der Waals surface area contributed by atoms with Crippen molar-refractivity contribution >= 4 is 12.0 Å². The molecule has 144 valence electrons. The fourth-order valence-corrected chi connectivity index (χ4v) is 3.34. The molecule has 0 aromatic rings. The van der Waals surface area contributed by atoms with E-state index in [1.54, 1.807) is 0 Å². The molecular formula is C18H34N4O3. The third-order valence-corrected chi connectivity index (χ3v) is 4.78. The number of carbonyl (C=O) groups excluding carboxylic acids is 2. The van der Waals surface area contributed by atoms with Crippen molar-refractivity contribution in [2.45, 2.75) is 64.1 Å². The summed E-state index contributed by atoms with van der Waals surface area (Å²) in [7, 11) is 2.11. The molecule has 25 heavy (non-hydrogen) atoms. The summed E-state index contributed by atoms with van der Waals surface area (Å²) in [5.41, 5.74) is -0.474. The summed E-state index contributed by atoms with van der Waals surface area (Å²) in [5.74, 6) is 0.119. The van der Waals surface area contributed by atoms with E-state index in [0.717, 1.165) is 51.9 Å². The Labute approximate surface area is 151 Å². The first kappa shape index (κ1) is 20.0. The lowest BCUT2D eigenvalue weighted by Gasteiger charge is -2.33. The molecule has 1 saturated heterocycles. The van der Waals surface area contributed by atoms with Crippen molar-refractivity contribution in [3.05, 3.63) is 0 Å². The number of nitrogens with one attached hydrogen (secondary N) is 2. The van der Waals surface area contributed by atoms with E-state index in [1.807, 2.05) is 20.8 Å². The number of amides is 2. The zero-order valence-corrected chi connectivity index (χ0v) is 16.1. The largest absolute Gasteiger partial charge is 0.444 e. The van der Waals surface area contributed by atoms with Gasteiger partial charge in [-0.1, -0.05) is 0 Å². The molecule has 0 aromatic heterocycles. The lowest BCUT2D eigenvalue weighted by atomic mass is 9.91. The standard InChI is InChI=1S/C18H34N4O3/c1-18(2,3)25-17(24)20-15-7-5-14(6-8-15)19-16(23)13-22-11-9-21(4)10-12-22/h14-15H,5-13H2,1-4H3,(H,19,23)(H,20,24)/t14-,15-. The van der Waals surface area contributed by atoms with E-state index in [4.69, 9.17) is 4.74 Å². The van der Waals surface area contributed by atoms with Gasteiger partial charge in [0.2, 0.25) is 5.91 Å². The quantitative estimate of drug-likeness (QED) is 0.793. The highest BCUT2D eigenvalue weighted by atomic mass is 16.6. The van der Waals surface area contributed by atoms with Crippen molar-refractivity contribution < 1.29 is 14.3 Å². The van der Waals surface area contributed by atoms with E-state index >= 15 is 0 Å². The predicted octanol–water partition coefficient (Wildman–Crippen LogP) is 1.19. The van der Waals surface area contributed by atoms with Gasteiger partial charge in [-0.15, -0.1) is 0 Å². The van der Waals surface area contributed by atoms with Gasteiger partial charge in [0.05, 0.1) is 6.54 Å². The van der Waals surface area contributed by atoms with E-state index in [-0.39, 0.29) is 24.1 Å². The molecule has 2 amide bonds. The van der Waals surface area contributed by atoms with E-state index in [9.17, 15) is 9.59 Å². The van der Waals surface area contributed by atoms with Crippen LogP contribution in [0.15, 0.2) is 0 Å². The van der Waals surface area contributed by atoms with Crippen molar-refractivity contribution in [1.29, 1.82) is 0 Å². The first-order chi connectivity index (χ1) is 11.7. The SMILES string of the molecule is CN1CCN(CC(=O)N[C@H]2CC[C@H](NC(=O)OC(C)(C)C)CC2)CC1. The summed E-state index contributed by atoms with van der Waals surface area (Å²) in [6, 6.07) is 0.359. The molecule has 0 unspecified atom stereocenters. The number of alkyl carbamates (subject to hydrolysis) is 1. The first-order valence-corrected chi connectivity index (χ1v) is 9.41. The van der Waals surface area contributed by atoms with Crippen LogP contribution in [0.2, 0.25) is 0 Å². The summed E-state index contributed by atoms with van der Waals surface area (Å²) in [4.78, 5) is 28.5. The van der Waals surface area contributed by atoms with Crippen LogP contribution in [0.25, 0.3) is 0 Å². The third-order valence-electron chi connectivity index (χ3n) is 4.78. The second-order valence-corrected chi connectivity index (χ2v) is 8.34. The zero-order valence-electron chi connectivity index (χ0n) is 16.1. The van der Waals surface area contributed by atoms with Crippen molar-refractivity contribution in [3.63, 3.8) is 0 Å². The molecule has 2 rings (SSSR count). The first-order valence-electron chi connectivity index (χ1n) is 9.41. The highest BCUT2D eigenvalue weighted by Gasteiger charge is 2.26. The zero-order chi connectivity index (χ0) is 18.4. The lowest BCUT2D eigenvalue weighted by molar-refractivity contribution is -0.123. The monoisotopic (exact) mass is 354 g/mol. The summed E-state index contributed by atoms with van der Waals surface area (Å²) < 4.78 is 5.30. The summed E-state index contributed by atoms with van der Waals surface area (Å²) in [6.45, 7) is 10.0. The highest BCUT2D eigenvalue weighted by Crippen LogP contribution is 2.19. The number of piperazine rings is 1. The minimum Gasteiger partial charge on any atom is -0.444 e. The molecule has 1 heterocycles. The Kier molecular flexibility index (Phi) is 7.07. The van der Waals surface area contributed by atoms with Gasteiger partial charge in [0, 0.05) is 38.3 Å². The van der Waals surface area contributed by atoms with Crippen LogP contribution in [0.4, 0.5) is 4.79 Å². The smallest absolute Gasteiger partial charge is 0.407 e. The van der Waals surface area contributed by atoms with Gasteiger partial charge in [-0.25, -0.2) is 4.79 Å². The molecule has 0 atom stereocenters. The van der Waals surface area contributed by atoms with Crippen LogP contribution in [-0.4, -0.2) is 79.3 Å². The second-order valence-electron chi connectivity index (χ2n) is 8.34. The Morgan fingerprint density at radius 1 is 0.960 bits per heavy atom. The van der Waals surface area contributed by atoms with Gasteiger partial charge in [0.15, 0.2) is 0 Å². The van der Waals surface area contributed by atoms with Crippen LogP contribution < -0.4 is 10.6 Å². The van der Waals surface area contributed by atoms with E-state index < -0.39 is 5.60 Å². The molecule has 1 saturated carbocycles. The van der Waals surface area contributed by atoms with Gasteiger partial charge in [-0.3, -0.25) is 9.69 Å². The van der Waals surface area contributed by atoms with Gasteiger partial charge in [0.25, 0.3) is 0 Å². The Hall–Kier alpha value is -1.34. The van der Waals surface area contributed by atoms with Crippen molar-refractivity contribution in [2.75, 3.05) is 39.8 Å². The average molecular weight is 354 g/mol. The number of carbonyl (C=O) groups is 2. The molecule has 0 aromatic carbocycles. The number of nitrogens with zero attached hydrogens (tertiary/aromatic N) is 2. The number of ether oxygens (including phenoxy) is 1. The van der Waals surface area contributed by atoms with Crippen molar-refractivity contribution in [3.8, 4) is 0 Å².